The fourth-order valence-corrected chi connectivity index (χ4v) is 16.8. The molecule has 0 aliphatic carbocycles. The van der Waals surface area contributed by atoms with Crippen molar-refractivity contribution in [1.82, 2.24) is 14.7 Å². The van der Waals surface area contributed by atoms with Crippen molar-refractivity contribution in [3.05, 3.63) is 303 Å². The highest BCUT2D eigenvalue weighted by Crippen LogP contribution is 2.47. The summed E-state index contributed by atoms with van der Waals surface area (Å²) in [4.78, 5) is 47.0. The number of hydrogen-bond acceptors (Lipinski definition) is 9. The molecular formula is C84H90N6O6. The van der Waals surface area contributed by atoms with Gasteiger partial charge >= 0.3 is 0 Å². The highest BCUT2D eigenvalue weighted by Gasteiger charge is 2.52. The first kappa shape index (κ1) is 65.3. The molecule has 0 radical (unpaired) electrons. The lowest BCUT2D eigenvalue weighted by molar-refractivity contribution is -0.124. The number of likely N-dealkylation sites (tertiary alicyclic amines) is 3. The lowest BCUT2D eigenvalue weighted by atomic mass is 9.64. The van der Waals surface area contributed by atoms with Crippen LogP contribution in [0.25, 0.3) is 0 Å². The number of hydrogen-bond donors (Lipinski definition) is 3. The fraction of sp³-hybridized carbons (Fsp3) is 0.321. The van der Waals surface area contributed by atoms with Gasteiger partial charge in [-0.25, -0.2) is 0 Å². The van der Waals surface area contributed by atoms with Gasteiger partial charge in [-0.1, -0.05) is 218 Å². The van der Waals surface area contributed by atoms with Crippen LogP contribution in [-0.2, 0) is 69.2 Å². The topological polar surface area (TPSA) is 167 Å². The van der Waals surface area contributed by atoms with Gasteiger partial charge in [0.2, 0.25) is 17.7 Å². The minimum absolute atomic E-state index is 0.137. The molecule has 0 spiro atoms. The van der Waals surface area contributed by atoms with Gasteiger partial charge in [0.05, 0.1) is 19.8 Å². The van der Waals surface area contributed by atoms with E-state index in [1.165, 1.54) is 33.4 Å². The maximum atomic E-state index is 13.2. The molecule has 3 fully saturated rings. The maximum absolute atomic E-state index is 13.2. The average Bonchev–Trinajstić information content (AvgIpc) is 1.40. The molecule has 3 atom stereocenters. The van der Waals surface area contributed by atoms with Crippen LogP contribution < -0.4 is 31.4 Å². The molecule has 0 unspecified atom stereocenters. The summed E-state index contributed by atoms with van der Waals surface area (Å²) in [7, 11) is 0. The van der Waals surface area contributed by atoms with E-state index in [0.717, 1.165) is 187 Å². The quantitative estimate of drug-likeness (QED) is 0.0634. The Morgan fingerprint density at radius 3 is 0.781 bits per heavy atom. The van der Waals surface area contributed by atoms with Crippen molar-refractivity contribution >= 4 is 17.7 Å². The van der Waals surface area contributed by atoms with Crippen LogP contribution in [-0.4, -0.2) is 111 Å². The number of fused-ring (bicyclic) bond motifs is 3. The molecule has 0 aromatic heterocycles. The van der Waals surface area contributed by atoms with Crippen LogP contribution in [0.15, 0.2) is 237 Å². The van der Waals surface area contributed by atoms with Crippen molar-refractivity contribution < 1.29 is 28.6 Å². The first-order valence-corrected chi connectivity index (χ1v) is 34.7. The molecule has 9 aromatic carbocycles. The zero-order valence-electron chi connectivity index (χ0n) is 55.1. The lowest BCUT2D eigenvalue weighted by Gasteiger charge is -2.37. The van der Waals surface area contributed by atoms with Crippen molar-refractivity contribution in [2.75, 3.05) is 78.7 Å². The molecule has 15 rings (SSSR count). The Balaban J connectivity index is 0.000000130. The minimum atomic E-state index is -0.817. The van der Waals surface area contributed by atoms with Crippen LogP contribution in [0.1, 0.15) is 86.0 Å². The van der Waals surface area contributed by atoms with Crippen molar-refractivity contribution in [2.24, 2.45) is 35.0 Å². The van der Waals surface area contributed by atoms with Gasteiger partial charge in [-0.15, -0.1) is 0 Å². The van der Waals surface area contributed by atoms with E-state index in [1.807, 2.05) is 182 Å². The predicted octanol–water partition coefficient (Wildman–Crippen LogP) is 11.9. The summed E-state index contributed by atoms with van der Waals surface area (Å²) in [5.74, 6) is 2.72. The Hall–Kier alpha value is -9.33. The number of nitrogens with two attached hydrogens (primary N) is 3. The highest BCUT2D eigenvalue weighted by molar-refractivity contribution is 5.93. The molecule has 12 heteroatoms. The lowest BCUT2D eigenvalue weighted by Crippen LogP contribution is -2.49. The van der Waals surface area contributed by atoms with Crippen molar-refractivity contribution in [1.29, 1.82) is 0 Å². The highest BCUT2D eigenvalue weighted by atomic mass is 16.5. The van der Waals surface area contributed by atoms with Crippen LogP contribution in [0.5, 0.6) is 17.2 Å². The molecule has 0 bridgehead atoms. The van der Waals surface area contributed by atoms with E-state index in [9.17, 15) is 14.4 Å². The molecule has 6 heterocycles. The van der Waals surface area contributed by atoms with Crippen LogP contribution in [0, 0.1) is 17.8 Å². The van der Waals surface area contributed by atoms with Crippen LogP contribution in [0.3, 0.4) is 0 Å². The fourth-order valence-electron chi connectivity index (χ4n) is 16.8. The van der Waals surface area contributed by atoms with Crippen LogP contribution in [0.4, 0.5) is 0 Å². The number of rotatable bonds is 21. The van der Waals surface area contributed by atoms with Gasteiger partial charge in [0, 0.05) is 58.5 Å². The molecule has 96 heavy (non-hydrogen) atoms. The van der Waals surface area contributed by atoms with Crippen molar-refractivity contribution in [2.45, 2.75) is 74.0 Å². The van der Waals surface area contributed by atoms with E-state index >= 15 is 0 Å². The molecule has 6 aliphatic heterocycles. The SMILES string of the molecule is NC(=O)C(c1ccccc1)(c1ccccc1)[C@@H]1CCN(CCc2ccc3c(c2)CCO3)C1.NC(=O)C(c1ccccc1)(c1ccccc1)[C@@H]1CCN(CCc2ccc3c(c2)CCO3)C1.NC(=O)C(c1ccccc1)(c1ccccc1)[C@@H]1CCN(CCc2ccc3c(c2)CCO3)C1. The van der Waals surface area contributed by atoms with Gasteiger partial charge in [-0.3, -0.25) is 14.4 Å². The number of nitrogens with zero attached hydrogens (tertiary/aromatic N) is 3. The second kappa shape index (κ2) is 29.8. The van der Waals surface area contributed by atoms with Gasteiger partial charge in [0.15, 0.2) is 0 Å². The van der Waals surface area contributed by atoms with E-state index in [4.69, 9.17) is 31.4 Å². The monoisotopic (exact) mass is 1280 g/mol. The number of amides is 3. The Morgan fingerprint density at radius 1 is 0.333 bits per heavy atom. The third-order valence-corrected chi connectivity index (χ3v) is 21.6. The van der Waals surface area contributed by atoms with E-state index in [-0.39, 0.29) is 35.5 Å². The Morgan fingerprint density at radius 2 is 0.562 bits per heavy atom. The largest absolute Gasteiger partial charge is 0.493 e. The summed E-state index contributed by atoms with van der Waals surface area (Å²) in [5, 5.41) is 0. The number of carbonyl (C=O) groups is 3. The van der Waals surface area contributed by atoms with E-state index in [2.05, 4.69) is 69.3 Å². The Labute approximate surface area is 566 Å². The smallest absolute Gasteiger partial charge is 0.232 e. The Kier molecular flexibility index (Phi) is 20.3. The van der Waals surface area contributed by atoms with Gasteiger partial charge in [0.1, 0.15) is 33.5 Å². The number of primary amides is 3. The first-order valence-electron chi connectivity index (χ1n) is 34.7. The van der Waals surface area contributed by atoms with Crippen molar-refractivity contribution in [3.8, 4) is 17.2 Å². The van der Waals surface area contributed by atoms with Gasteiger partial charge < -0.3 is 46.1 Å². The molecule has 6 aliphatic rings. The Bertz CT molecular complexity index is 3540. The summed E-state index contributed by atoms with van der Waals surface area (Å²) in [6, 6.07) is 80.2. The normalized spacial score (nSPS) is 18.3. The molecule has 6 N–H and O–H groups in total. The summed E-state index contributed by atoms with van der Waals surface area (Å²) < 4.78 is 16.9. The molecule has 3 saturated heterocycles. The maximum Gasteiger partial charge on any atom is 0.232 e. The summed E-state index contributed by atoms with van der Waals surface area (Å²) in [5.41, 5.74) is 30.1. The summed E-state index contributed by atoms with van der Waals surface area (Å²) >= 11 is 0. The van der Waals surface area contributed by atoms with Crippen LogP contribution in [0.2, 0.25) is 0 Å². The second-order valence-corrected chi connectivity index (χ2v) is 26.9. The number of ether oxygens (including phenoxy) is 3. The van der Waals surface area contributed by atoms with Gasteiger partial charge in [0.25, 0.3) is 0 Å². The van der Waals surface area contributed by atoms with E-state index in [1.54, 1.807) is 0 Å². The minimum Gasteiger partial charge on any atom is -0.493 e. The summed E-state index contributed by atoms with van der Waals surface area (Å²) in [6.07, 6.45) is 8.86. The molecule has 3 amide bonds. The third-order valence-electron chi connectivity index (χ3n) is 21.6. The zero-order valence-corrected chi connectivity index (χ0v) is 55.1. The average molecular weight is 1280 g/mol. The van der Waals surface area contributed by atoms with Gasteiger partial charge in [-0.05, 0) is 161 Å². The van der Waals surface area contributed by atoms with Crippen LogP contribution >= 0.6 is 0 Å². The number of carbonyl (C=O) groups excluding carboxylic acids is 3. The molecule has 12 nitrogen and oxygen atoms in total. The van der Waals surface area contributed by atoms with E-state index < -0.39 is 16.2 Å². The molecule has 492 valence electrons. The third kappa shape index (κ3) is 13.5. The molecule has 9 aromatic rings. The van der Waals surface area contributed by atoms with E-state index in [0.29, 0.717) is 0 Å². The standard InChI is InChI=1S/3C28H30N2O2/c3*29-27(31)28(23-7-3-1-4-8-23,24-9-5-2-6-10-24)25-14-17-30(20-25)16-13-21-11-12-26-22(19-21)15-18-32-26/h3*1-12,19,25H,13-18,20H2,(H2,29,31)/t3*25-/m111/s1. The predicted molar refractivity (Wildman–Crippen MR) is 380 cm³/mol. The zero-order chi connectivity index (χ0) is 65.9. The van der Waals surface area contributed by atoms with Gasteiger partial charge in [-0.2, -0.15) is 0 Å². The molecular weight excluding hydrogens is 1190 g/mol. The van der Waals surface area contributed by atoms with Crippen molar-refractivity contribution in [3.63, 3.8) is 0 Å². The number of benzene rings is 9. The summed E-state index contributed by atoms with van der Waals surface area (Å²) in [6.45, 7) is 10.8. The molecule has 0 saturated carbocycles. The first-order chi connectivity index (χ1) is 47.0. The second-order valence-electron chi connectivity index (χ2n) is 26.9.